The molecule has 7 nitrogen and oxygen atoms in total. The summed E-state index contributed by atoms with van der Waals surface area (Å²) in [6.45, 7) is 0.265. The highest BCUT2D eigenvalue weighted by atomic mass is 16.5. The van der Waals surface area contributed by atoms with E-state index in [4.69, 9.17) is 18.9 Å². The number of rotatable bonds is 6. The minimum atomic E-state index is -0.641. The Hall–Kier alpha value is -3.22. The highest BCUT2D eigenvalue weighted by molar-refractivity contribution is 5.98. The number of para-hydroxylation sites is 1. The fourth-order valence-electron chi connectivity index (χ4n) is 3.28. The maximum atomic E-state index is 12.6. The van der Waals surface area contributed by atoms with Crippen LogP contribution in [0.2, 0.25) is 0 Å². The average Bonchev–Trinajstić information content (AvgIpc) is 2.75. The van der Waals surface area contributed by atoms with E-state index in [-0.39, 0.29) is 18.1 Å². The average molecular weight is 385 g/mol. The summed E-state index contributed by atoms with van der Waals surface area (Å²) >= 11 is 0. The number of hydrogen-bond donors (Lipinski definition) is 0. The third-order valence-corrected chi connectivity index (χ3v) is 4.64. The van der Waals surface area contributed by atoms with E-state index in [9.17, 15) is 9.59 Å². The molecule has 0 saturated carbocycles. The molecule has 7 heteroatoms. The van der Waals surface area contributed by atoms with Crippen molar-refractivity contribution in [2.24, 2.45) is 0 Å². The van der Waals surface area contributed by atoms with Crippen molar-refractivity contribution in [1.82, 2.24) is 0 Å². The van der Waals surface area contributed by atoms with Gasteiger partial charge in [0.2, 0.25) is 5.75 Å². The zero-order valence-electron chi connectivity index (χ0n) is 16.2. The first-order valence-electron chi connectivity index (χ1n) is 8.94. The van der Waals surface area contributed by atoms with E-state index >= 15 is 0 Å². The number of ether oxygens (including phenoxy) is 4. The molecule has 0 saturated heterocycles. The molecule has 1 aliphatic rings. The Morgan fingerprint density at radius 2 is 1.68 bits per heavy atom. The van der Waals surface area contributed by atoms with E-state index in [2.05, 4.69) is 0 Å². The van der Waals surface area contributed by atoms with Crippen LogP contribution in [0.25, 0.3) is 0 Å². The zero-order valence-corrected chi connectivity index (χ0v) is 16.2. The number of esters is 1. The highest BCUT2D eigenvalue weighted by Crippen LogP contribution is 2.38. The molecule has 0 bridgehead atoms. The molecule has 1 heterocycles. The number of carbonyl (C=O) groups excluding carboxylic acids is 2. The lowest BCUT2D eigenvalue weighted by atomic mass is 10.0. The van der Waals surface area contributed by atoms with Gasteiger partial charge in [0.25, 0.3) is 5.91 Å². The Kier molecular flexibility index (Phi) is 6.03. The number of hydrogen-bond acceptors (Lipinski definition) is 6. The summed E-state index contributed by atoms with van der Waals surface area (Å²) in [4.78, 5) is 26.8. The van der Waals surface area contributed by atoms with Crippen LogP contribution in [0.15, 0.2) is 36.4 Å². The van der Waals surface area contributed by atoms with E-state index in [1.54, 1.807) is 4.90 Å². The van der Waals surface area contributed by atoms with Gasteiger partial charge in [0.15, 0.2) is 18.1 Å². The number of nitrogens with zero attached hydrogens (tertiary/aromatic N) is 1. The maximum absolute atomic E-state index is 12.6. The van der Waals surface area contributed by atoms with Gasteiger partial charge >= 0.3 is 5.97 Å². The smallest absolute Gasteiger partial charge is 0.338 e. The van der Waals surface area contributed by atoms with Crippen LogP contribution < -0.4 is 19.1 Å². The van der Waals surface area contributed by atoms with Crippen LogP contribution in [-0.4, -0.2) is 46.4 Å². The van der Waals surface area contributed by atoms with Gasteiger partial charge < -0.3 is 23.8 Å². The summed E-state index contributed by atoms with van der Waals surface area (Å²) in [6.07, 6.45) is 1.81. The third kappa shape index (κ3) is 3.88. The van der Waals surface area contributed by atoms with E-state index in [0.29, 0.717) is 23.8 Å². The van der Waals surface area contributed by atoms with Crippen molar-refractivity contribution in [2.45, 2.75) is 12.8 Å². The van der Waals surface area contributed by atoms with Gasteiger partial charge in [0.05, 0.1) is 26.9 Å². The van der Waals surface area contributed by atoms with Crippen LogP contribution in [0, 0.1) is 0 Å². The highest BCUT2D eigenvalue weighted by Gasteiger charge is 2.24. The third-order valence-electron chi connectivity index (χ3n) is 4.64. The van der Waals surface area contributed by atoms with Crippen LogP contribution in [0.5, 0.6) is 17.2 Å². The van der Waals surface area contributed by atoms with E-state index in [0.717, 1.165) is 24.1 Å². The molecule has 0 aromatic heterocycles. The lowest BCUT2D eigenvalue weighted by Gasteiger charge is -2.29. The minimum absolute atomic E-state index is 0.210. The first kappa shape index (κ1) is 19.5. The van der Waals surface area contributed by atoms with Crippen molar-refractivity contribution in [2.75, 3.05) is 39.4 Å². The van der Waals surface area contributed by atoms with Gasteiger partial charge in [-0.15, -0.1) is 0 Å². The van der Waals surface area contributed by atoms with E-state index in [1.165, 1.54) is 33.5 Å². The Labute approximate surface area is 163 Å². The maximum Gasteiger partial charge on any atom is 0.338 e. The second kappa shape index (κ2) is 8.65. The van der Waals surface area contributed by atoms with Crippen LogP contribution in [0.3, 0.4) is 0 Å². The number of fused-ring (bicyclic) bond motifs is 1. The van der Waals surface area contributed by atoms with Gasteiger partial charge in [-0.1, -0.05) is 18.2 Å². The Morgan fingerprint density at radius 1 is 1.00 bits per heavy atom. The summed E-state index contributed by atoms with van der Waals surface area (Å²) < 4.78 is 21.0. The quantitative estimate of drug-likeness (QED) is 0.712. The van der Waals surface area contributed by atoms with Gasteiger partial charge in [-0.2, -0.15) is 0 Å². The number of methoxy groups -OCH3 is 3. The molecule has 0 radical (unpaired) electrons. The van der Waals surface area contributed by atoms with Gasteiger partial charge in [0, 0.05) is 12.2 Å². The van der Waals surface area contributed by atoms with Crippen molar-refractivity contribution < 1.29 is 28.5 Å². The number of anilines is 1. The molecule has 148 valence electrons. The van der Waals surface area contributed by atoms with Gasteiger partial charge in [-0.3, -0.25) is 4.79 Å². The monoisotopic (exact) mass is 385 g/mol. The van der Waals surface area contributed by atoms with E-state index < -0.39 is 5.97 Å². The topological polar surface area (TPSA) is 74.3 Å². The molecule has 0 N–H and O–H groups in total. The summed E-state index contributed by atoms with van der Waals surface area (Å²) in [6, 6.07) is 10.8. The Bertz CT molecular complexity index is 854. The van der Waals surface area contributed by atoms with Crippen molar-refractivity contribution in [1.29, 1.82) is 0 Å². The number of amides is 1. The summed E-state index contributed by atoms with van der Waals surface area (Å²) in [7, 11) is 4.40. The summed E-state index contributed by atoms with van der Waals surface area (Å²) in [5.74, 6) is 0.156. The number of benzene rings is 2. The van der Waals surface area contributed by atoms with Crippen molar-refractivity contribution >= 4 is 17.6 Å². The van der Waals surface area contributed by atoms with Crippen LogP contribution in [0.4, 0.5) is 5.69 Å². The normalized spacial score (nSPS) is 12.8. The molecule has 28 heavy (non-hydrogen) atoms. The lowest BCUT2D eigenvalue weighted by Crippen LogP contribution is -2.38. The molecular formula is C21H23NO6. The van der Waals surface area contributed by atoms with Crippen LogP contribution in [0.1, 0.15) is 22.3 Å². The molecule has 2 aromatic rings. The lowest BCUT2D eigenvalue weighted by molar-refractivity contribution is -0.121. The molecule has 1 amide bonds. The van der Waals surface area contributed by atoms with Crippen LogP contribution >= 0.6 is 0 Å². The molecule has 3 rings (SSSR count). The minimum Gasteiger partial charge on any atom is -0.493 e. The second-order valence-corrected chi connectivity index (χ2v) is 6.27. The first-order chi connectivity index (χ1) is 13.6. The number of aryl methyl sites for hydroxylation is 1. The van der Waals surface area contributed by atoms with Gasteiger partial charge in [0.1, 0.15) is 0 Å². The van der Waals surface area contributed by atoms with Crippen molar-refractivity contribution in [3.8, 4) is 17.2 Å². The standard InChI is InChI=1S/C21H23NO6/c1-25-17-11-15(12-18(26-2)20(17)27-3)21(24)28-13-19(23)22-10-6-8-14-7-4-5-9-16(14)22/h4-5,7,9,11-12H,6,8,10,13H2,1-3H3. The van der Waals surface area contributed by atoms with Crippen molar-refractivity contribution in [3.63, 3.8) is 0 Å². The Balaban J connectivity index is 1.72. The summed E-state index contributed by atoms with van der Waals surface area (Å²) in [5, 5.41) is 0. The molecular weight excluding hydrogens is 362 g/mol. The predicted molar refractivity (Wildman–Crippen MR) is 103 cm³/mol. The van der Waals surface area contributed by atoms with Gasteiger partial charge in [-0.05, 0) is 36.6 Å². The molecule has 1 aliphatic heterocycles. The fourth-order valence-corrected chi connectivity index (χ4v) is 3.28. The van der Waals surface area contributed by atoms with Crippen molar-refractivity contribution in [3.05, 3.63) is 47.5 Å². The fraction of sp³-hybridized carbons (Fsp3) is 0.333. The zero-order chi connectivity index (χ0) is 20.1. The molecule has 2 aromatic carbocycles. The first-order valence-corrected chi connectivity index (χ1v) is 8.94. The second-order valence-electron chi connectivity index (χ2n) is 6.27. The molecule has 0 atom stereocenters. The molecule has 0 aliphatic carbocycles. The summed E-state index contributed by atoms with van der Waals surface area (Å²) in [5.41, 5.74) is 2.21. The van der Waals surface area contributed by atoms with Gasteiger partial charge in [-0.25, -0.2) is 4.79 Å². The molecule has 0 unspecified atom stereocenters. The predicted octanol–water partition coefficient (Wildman–Crippen LogP) is 2.85. The molecule has 0 fully saturated rings. The van der Waals surface area contributed by atoms with Crippen LogP contribution in [-0.2, 0) is 16.0 Å². The van der Waals surface area contributed by atoms with E-state index in [1.807, 2.05) is 24.3 Å². The largest absolute Gasteiger partial charge is 0.493 e. The number of carbonyl (C=O) groups is 2. The SMILES string of the molecule is COc1cc(C(=O)OCC(=O)N2CCCc3ccccc32)cc(OC)c1OC. The Morgan fingerprint density at radius 3 is 2.32 bits per heavy atom. The molecule has 0 spiro atoms.